The number of hydrazone groups is 1. The summed E-state index contributed by atoms with van der Waals surface area (Å²) in [4.78, 5) is 34.7. The standard InChI is InChI=1S/C17H13ClN4O4/c1-10-7-12(5-6-14(10)18)21-16(23)9-15(20-21)19-17(24)11-3-2-4-13(8-11)22(25)26/h2-8H,9H2,1H3,(H,19,20,24). The van der Waals surface area contributed by atoms with Crippen molar-refractivity contribution in [1.82, 2.24) is 5.32 Å². The molecule has 9 heteroatoms. The third-order valence-electron chi connectivity index (χ3n) is 3.74. The first kappa shape index (κ1) is 17.6. The Labute approximate surface area is 153 Å². The molecule has 0 unspecified atom stereocenters. The molecule has 2 aromatic carbocycles. The fourth-order valence-electron chi connectivity index (χ4n) is 2.43. The molecule has 0 atom stereocenters. The second kappa shape index (κ2) is 6.93. The van der Waals surface area contributed by atoms with Gasteiger partial charge in [0.05, 0.1) is 17.0 Å². The molecule has 1 aliphatic heterocycles. The van der Waals surface area contributed by atoms with Crippen molar-refractivity contribution in [2.75, 3.05) is 5.01 Å². The number of hydrogen-bond donors (Lipinski definition) is 1. The Kier molecular flexibility index (Phi) is 4.68. The van der Waals surface area contributed by atoms with Gasteiger partial charge >= 0.3 is 0 Å². The number of hydrogen-bond acceptors (Lipinski definition) is 5. The molecule has 0 fully saturated rings. The molecule has 2 amide bonds. The van der Waals surface area contributed by atoms with Crippen LogP contribution in [0.2, 0.25) is 5.02 Å². The molecule has 0 saturated heterocycles. The number of amidine groups is 1. The van der Waals surface area contributed by atoms with E-state index in [0.29, 0.717) is 10.7 Å². The Bertz CT molecular complexity index is 958. The molecule has 1 aliphatic rings. The molecule has 2 aromatic rings. The highest BCUT2D eigenvalue weighted by Gasteiger charge is 2.27. The number of amides is 2. The number of nitro groups is 1. The number of nitrogens with one attached hydrogen (secondary N) is 1. The molecule has 0 aliphatic carbocycles. The van der Waals surface area contributed by atoms with Gasteiger partial charge in [-0.15, -0.1) is 0 Å². The average molecular weight is 373 g/mol. The number of nitro benzene ring substituents is 1. The van der Waals surface area contributed by atoms with Crippen LogP contribution in [0.3, 0.4) is 0 Å². The smallest absolute Gasteiger partial charge is 0.270 e. The van der Waals surface area contributed by atoms with E-state index in [1.807, 2.05) is 0 Å². The minimum Gasteiger partial charge on any atom is -0.308 e. The molecule has 1 N–H and O–H groups in total. The molecule has 0 spiro atoms. The van der Waals surface area contributed by atoms with Crippen LogP contribution in [0.4, 0.5) is 11.4 Å². The van der Waals surface area contributed by atoms with Crippen molar-refractivity contribution in [2.45, 2.75) is 13.3 Å². The number of carbonyl (C=O) groups is 2. The summed E-state index contributed by atoms with van der Waals surface area (Å²) in [5.41, 5.74) is 1.24. The Hall–Kier alpha value is -3.26. The van der Waals surface area contributed by atoms with E-state index in [1.54, 1.807) is 25.1 Å². The third-order valence-corrected chi connectivity index (χ3v) is 4.16. The lowest BCUT2D eigenvalue weighted by Gasteiger charge is -2.12. The largest absolute Gasteiger partial charge is 0.308 e. The normalized spacial score (nSPS) is 13.5. The number of non-ortho nitro benzene ring substituents is 1. The maximum Gasteiger partial charge on any atom is 0.270 e. The summed E-state index contributed by atoms with van der Waals surface area (Å²) in [5.74, 6) is -0.713. The summed E-state index contributed by atoms with van der Waals surface area (Å²) in [6.07, 6.45) is -0.0810. The highest BCUT2D eigenvalue weighted by atomic mass is 35.5. The van der Waals surface area contributed by atoms with Crippen LogP contribution in [0.15, 0.2) is 47.6 Å². The zero-order valence-corrected chi connectivity index (χ0v) is 14.4. The van der Waals surface area contributed by atoms with Gasteiger partial charge in [-0.25, -0.2) is 0 Å². The summed E-state index contributed by atoms with van der Waals surface area (Å²) in [6, 6.07) is 10.3. The molecular formula is C17H13ClN4O4. The van der Waals surface area contributed by atoms with Crippen LogP contribution in [0.5, 0.6) is 0 Å². The maximum absolute atomic E-state index is 12.3. The topological polar surface area (TPSA) is 105 Å². The van der Waals surface area contributed by atoms with E-state index < -0.39 is 10.8 Å². The summed E-state index contributed by atoms with van der Waals surface area (Å²) >= 11 is 5.98. The Morgan fingerprint density at radius 1 is 1.31 bits per heavy atom. The lowest BCUT2D eigenvalue weighted by Crippen LogP contribution is -2.29. The van der Waals surface area contributed by atoms with E-state index >= 15 is 0 Å². The number of rotatable bonds is 3. The molecule has 8 nitrogen and oxygen atoms in total. The van der Waals surface area contributed by atoms with Crippen molar-refractivity contribution >= 4 is 40.6 Å². The van der Waals surface area contributed by atoms with E-state index in [1.165, 1.54) is 23.2 Å². The van der Waals surface area contributed by atoms with Crippen LogP contribution in [-0.4, -0.2) is 22.6 Å². The molecule has 0 radical (unpaired) electrons. The monoisotopic (exact) mass is 372 g/mol. The number of halogens is 1. The zero-order chi connectivity index (χ0) is 18.8. The van der Waals surface area contributed by atoms with Gasteiger partial charge in [-0.05, 0) is 36.8 Å². The van der Waals surface area contributed by atoms with Crippen molar-refractivity contribution in [1.29, 1.82) is 0 Å². The molecule has 1 heterocycles. The van der Waals surface area contributed by atoms with Gasteiger partial charge in [0, 0.05) is 22.7 Å². The first-order valence-corrected chi connectivity index (χ1v) is 7.95. The van der Waals surface area contributed by atoms with E-state index in [2.05, 4.69) is 10.4 Å². The van der Waals surface area contributed by atoms with Crippen LogP contribution < -0.4 is 10.3 Å². The van der Waals surface area contributed by atoms with Crippen molar-refractivity contribution in [3.05, 3.63) is 68.7 Å². The van der Waals surface area contributed by atoms with Gasteiger partial charge in [0.2, 0.25) is 0 Å². The highest BCUT2D eigenvalue weighted by Crippen LogP contribution is 2.25. The molecule has 0 aromatic heterocycles. The van der Waals surface area contributed by atoms with Gasteiger partial charge < -0.3 is 5.32 Å². The maximum atomic E-state index is 12.3. The van der Waals surface area contributed by atoms with Crippen LogP contribution in [0.25, 0.3) is 0 Å². The number of carbonyl (C=O) groups excluding carboxylic acids is 2. The second-order valence-electron chi connectivity index (χ2n) is 5.62. The fourth-order valence-corrected chi connectivity index (χ4v) is 2.54. The van der Waals surface area contributed by atoms with Gasteiger partial charge in [0.25, 0.3) is 17.5 Å². The SMILES string of the molecule is Cc1cc(N2N=C(NC(=O)c3cccc([N+](=O)[O-])c3)CC2=O)ccc1Cl. The number of nitrogens with zero attached hydrogens (tertiary/aromatic N) is 3. The van der Waals surface area contributed by atoms with Crippen molar-refractivity contribution in [2.24, 2.45) is 5.10 Å². The molecule has 0 bridgehead atoms. The van der Waals surface area contributed by atoms with Crippen molar-refractivity contribution in [3.8, 4) is 0 Å². The Balaban J connectivity index is 1.79. The van der Waals surface area contributed by atoms with E-state index in [-0.39, 0.29) is 29.4 Å². The average Bonchev–Trinajstić information content (AvgIpc) is 2.97. The molecular weight excluding hydrogens is 360 g/mol. The number of anilines is 1. The quantitative estimate of drug-likeness (QED) is 0.660. The van der Waals surface area contributed by atoms with E-state index in [9.17, 15) is 19.7 Å². The predicted octanol–water partition coefficient (Wildman–Crippen LogP) is 3.04. The van der Waals surface area contributed by atoms with Crippen molar-refractivity contribution < 1.29 is 14.5 Å². The number of aryl methyl sites for hydroxylation is 1. The third kappa shape index (κ3) is 3.55. The molecule has 132 valence electrons. The zero-order valence-electron chi connectivity index (χ0n) is 13.6. The molecule has 0 saturated carbocycles. The van der Waals surface area contributed by atoms with Crippen LogP contribution in [0.1, 0.15) is 22.3 Å². The first-order chi connectivity index (χ1) is 12.3. The summed E-state index contributed by atoms with van der Waals surface area (Å²) in [5, 5.41) is 19.2. The minimum absolute atomic E-state index is 0.0810. The van der Waals surface area contributed by atoms with E-state index in [4.69, 9.17) is 11.6 Å². The van der Waals surface area contributed by atoms with Gasteiger partial charge in [-0.3, -0.25) is 19.7 Å². The summed E-state index contributed by atoms with van der Waals surface area (Å²) in [6.45, 7) is 1.81. The fraction of sp³-hybridized carbons (Fsp3) is 0.118. The van der Waals surface area contributed by atoms with Crippen LogP contribution in [0, 0.1) is 17.0 Å². The Morgan fingerprint density at radius 2 is 2.08 bits per heavy atom. The summed E-state index contributed by atoms with van der Waals surface area (Å²) < 4.78 is 0. The van der Waals surface area contributed by atoms with Gasteiger partial charge in [0.15, 0.2) is 0 Å². The van der Waals surface area contributed by atoms with E-state index in [0.717, 1.165) is 11.6 Å². The Morgan fingerprint density at radius 3 is 2.77 bits per heavy atom. The highest BCUT2D eigenvalue weighted by molar-refractivity contribution is 6.31. The minimum atomic E-state index is -0.585. The summed E-state index contributed by atoms with van der Waals surface area (Å²) in [7, 11) is 0. The second-order valence-corrected chi connectivity index (χ2v) is 6.03. The first-order valence-electron chi connectivity index (χ1n) is 7.57. The lowest BCUT2D eigenvalue weighted by atomic mass is 10.2. The van der Waals surface area contributed by atoms with Crippen LogP contribution in [-0.2, 0) is 4.79 Å². The molecule has 26 heavy (non-hydrogen) atoms. The van der Waals surface area contributed by atoms with Gasteiger partial charge in [-0.1, -0.05) is 17.7 Å². The molecule has 3 rings (SSSR count). The number of benzene rings is 2. The van der Waals surface area contributed by atoms with Crippen LogP contribution >= 0.6 is 11.6 Å². The van der Waals surface area contributed by atoms with Crippen molar-refractivity contribution in [3.63, 3.8) is 0 Å². The van der Waals surface area contributed by atoms with Gasteiger partial charge in [-0.2, -0.15) is 10.1 Å². The van der Waals surface area contributed by atoms with Gasteiger partial charge in [0.1, 0.15) is 5.84 Å². The lowest BCUT2D eigenvalue weighted by molar-refractivity contribution is -0.384. The predicted molar refractivity (Wildman–Crippen MR) is 96.3 cm³/mol.